The van der Waals surface area contributed by atoms with Crippen LogP contribution in [0.3, 0.4) is 0 Å². The standard InChI is InChI=1S/C17H13FN4O6/c18-14-6-5-13(8-15(14)22(27)28)20-9-10(7-16(20)23)17(24)19-11-1-3-12(4-2-11)21(25)26/h1-6,8,10H,7,9H2,(H,19,24). The molecule has 1 aliphatic heterocycles. The zero-order valence-corrected chi connectivity index (χ0v) is 14.2. The van der Waals surface area contributed by atoms with Crippen LogP contribution in [0.25, 0.3) is 0 Å². The van der Waals surface area contributed by atoms with E-state index in [-0.39, 0.29) is 24.3 Å². The Kier molecular flexibility index (Phi) is 4.98. The predicted molar refractivity (Wildman–Crippen MR) is 95.2 cm³/mol. The first kappa shape index (κ1) is 18.9. The van der Waals surface area contributed by atoms with E-state index >= 15 is 0 Å². The Bertz CT molecular complexity index is 978. The number of halogens is 1. The number of benzene rings is 2. The number of nitro benzene ring substituents is 2. The van der Waals surface area contributed by atoms with E-state index in [1.165, 1.54) is 35.2 Å². The summed E-state index contributed by atoms with van der Waals surface area (Å²) in [6.45, 7) is -0.0273. The van der Waals surface area contributed by atoms with Crippen molar-refractivity contribution in [3.8, 4) is 0 Å². The van der Waals surface area contributed by atoms with Gasteiger partial charge in [0.05, 0.1) is 21.5 Å². The van der Waals surface area contributed by atoms with Gasteiger partial charge in [-0.3, -0.25) is 29.8 Å². The van der Waals surface area contributed by atoms with Crippen LogP contribution < -0.4 is 10.2 Å². The van der Waals surface area contributed by atoms with Gasteiger partial charge >= 0.3 is 5.69 Å². The first-order valence-electron chi connectivity index (χ1n) is 8.06. The van der Waals surface area contributed by atoms with Crippen LogP contribution in [0.15, 0.2) is 42.5 Å². The van der Waals surface area contributed by atoms with Crippen LogP contribution in [0.1, 0.15) is 6.42 Å². The molecule has 0 bridgehead atoms. The number of amides is 2. The third kappa shape index (κ3) is 3.77. The lowest BCUT2D eigenvalue weighted by Gasteiger charge is -2.16. The van der Waals surface area contributed by atoms with Crippen molar-refractivity contribution in [2.75, 3.05) is 16.8 Å². The van der Waals surface area contributed by atoms with Gasteiger partial charge in [0.25, 0.3) is 5.69 Å². The predicted octanol–water partition coefficient (Wildman–Crippen LogP) is 2.63. The van der Waals surface area contributed by atoms with E-state index in [1.54, 1.807) is 0 Å². The lowest BCUT2D eigenvalue weighted by molar-refractivity contribution is -0.387. The average molecular weight is 388 g/mol. The fourth-order valence-corrected chi connectivity index (χ4v) is 2.85. The molecule has 0 aromatic heterocycles. The molecule has 1 aliphatic rings. The zero-order chi connectivity index (χ0) is 20.4. The monoisotopic (exact) mass is 388 g/mol. The van der Waals surface area contributed by atoms with E-state index in [9.17, 15) is 34.2 Å². The number of nitrogens with zero attached hydrogens (tertiary/aromatic N) is 3. The van der Waals surface area contributed by atoms with Gasteiger partial charge in [-0.25, -0.2) is 0 Å². The van der Waals surface area contributed by atoms with Crippen LogP contribution in [-0.4, -0.2) is 28.2 Å². The van der Waals surface area contributed by atoms with Gasteiger partial charge in [-0.1, -0.05) is 0 Å². The number of carbonyl (C=O) groups excluding carboxylic acids is 2. The minimum absolute atomic E-state index is 0.0273. The molecule has 1 heterocycles. The fourth-order valence-electron chi connectivity index (χ4n) is 2.85. The Balaban J connectivity index is 1.71. The van der Waals surface area contributed by atoms with E-state index in [2.05, 4.69) is 5.32 Å². The third-order valence-electron chi connectivity index (χ3n) is 4.28. The van der Waals surface area contributed by atoms with Gasteiger partial charge in [-0.15, -0.1) is 0 Å². The normalized spacial score (nSPS) is 16.1. The first-order valence-corrected chi connectivity index (χ1v) is 8.06. The van der Waals surface area contributed by atoms with Crippen LogP contribution in [-0.2, 0) is 9.59 Å². The zero-order valence-electron chi connectivity index (χ0n) is 14.2. The molecule has 1 saturated heterocycles. The molecule has 1 atom stereocenters. The van der Waals surface area contributed by atoms with Crippen molar-refractivity contribution < 1.29 is 23.8 Å². The molecule has 2 aromatic carbocycles. The molecule has 2 aromatic rings. The Morgan fingerprint density at radius 2 is 1.79 bits per heavy atom. The van der Waals surface area contributed by atoms with Crippen molar-refractivity contribution in [3.63, 3.8) is 0 Å². The van der Waals surface area contributed by atoms with E-state index in [0.29, 0.717) is 5.69 Å². The maximum absolute atomic E-state index is 13.5. The summed E-state index contributed by atoms with van der Waals surface area (Å²) in [5, 5.41) is 24.1. The maximum Gasteiger partial charge on any atom is 0.306 e. The van der Waals surface area contributed by atoms with Gasteiger partial charge in [-0.2, -0.15) is 4.39 Å². The molecule has 1 fully saturated rings. The third-order valence-corrected chi connectivity index (χ3v) is 4.28. The molecule has 0 spiro atoms. The number of non-ortho nitro benzene ring substituents is 1. The molecule has 0 radical (unpaired) electrons. The Hall–Kier alpha value is -3.89. The number of hydrogen-bond donors (Lipinski definition) is 1. The number of rotatable bonds is 5. The smallest absolute Gasteiger partial charge is 0.306 e. The van der Waals surface area contributed by atoms with Crippen molar-refractivity contribution in [2.45, 2.75) is 6.42 Å². The van der Waals surface area contributed by atoms with Crippen molar-refractivity contribution in [3.05, 3.63) is 68.5 Å². The summed E-state index contributed by atoms with van der Waals surface area (Å²) in [6, 6.07) is 8.28. The second kappa shape index (κ2) is 7.39. The molecule has 3 rings (SSSR count). The van der Waals surface area contributed by atoms with Crippen molar-refractivity contribution >= 4 is 34.6 Å². The quantitative estimate of drug-likeness (QED) is 0.618. The lowest BCUT2D eigenvalue weighted by atomic mass is 10.1. The molecular weight excluding hydrogens is 375 g/mol. The molecule has 1 unspecified atom stereocenters. The number of hydrogen-bond acceptors (Lipinski definition) is 6. The van der Waals surface area contributed by atoms with E-state index in [1.807, 2.05) is 0 Å². The summed E-state index contributed by atoms with van der Waals surface area (Å²) < 4.78 is 13.5. The Morgan fingerprint density at radius 1 is 1.11 bits per heavy atom. The Morgan fingerprint density at radius 3 is 2.39 bits per heavy atom. The van der Waals surface area contributed by atoms with E-state index in [0.717, 1.165) is 12.1 Å². The first-order chi connectivity index (χ1) is 13.3. The van der Waals surface area contributed by atoms with E-state index < -0.39 is 39.1 Å². The van der Waals surface area contributed by atoms with Crippen molar-refractivity contribution in [1.29, 1.82) is 0 Å². The highest BCUT2D eigenvalue weighted by molar-refractivity contribution is 6.03. The number of nitrogens with one attached hydrogen (secondary N) is 1. The number of carbonyl (C=O) groups is 2. The van der Waals surface area contributed by atoms with E-state index in [4.69, 9.17) is 0 Å². The molecule has 144 valence electrons. The second-order valence-corrected chi connectivity index (χ2v) is 6.09. The van der Waals surface area contributed by atoms with Crippen molar-refractivity contribution in [1.82, 2.24) is 0 Å². The molecular formula is C17H13FN4O6. The van der Waals surface area contributed by atoms with Crippen LogP contribution in [0.4, 0.5) is 27.1 Å². The maximum atomic E-state index is 13.5. The highest BCUT2D eigenvalue weighted by Crippen LogP contribution is 2.30. The summed E-state index contributed by atoms with van der Waals surface area (Å²) in [5.41, 5.74) is -0.426. The van der Waals surface area contributed by atoms with Crippen LogP contribution in [0.5, 0.6) is 0 Å². The number of anilines is 2. The van der Waals surface area contributed by atoms with Crippen LogP contribution >= 0.6 is 0 Å². The lowest BCUT2D eigenvalue weighted by Crippen LogP contribution is -2.28. The van der Waals surface area contributed by atoms with Gasteiger partial charge < -0.3 is 10.2 Å². The summed E-state index contributed by atoms with van der Waals surface area (Å²) in [5.74, 6) is -2.65. The van der Waals surface area contributed by atoms with Gasteiger partial charge in [0.2, 0.25) is 17.6 Å². The highest BCUT2D eigenvalue weighted by Gasteiger charge is 2.36. The van der Waals surface area contributed by atoms with Gasteiger partial charge in [0.15, 0.2) is 0 Å². The van der Waals surface area contributed by atoms with Gasteiger partial charge in [0, 0.05) is 36.9 Å². The van der Waals surface area contributed by atoms with Crippen molar-refractivity contribution in [2.24, 2.45) is 5.92 Å². The summed E-state index contributed by atoms with van der Waals surface area (Å²) in [7, 11) is 0. The van der Waals surface area contributed by atoms with Gasteiger partial charge in [-0.05, 0) is 24.3 Å². The fraction of sp³-hybridized carbons (Fsp3) is 0.176. The number of nitro groups is 2. The summed E-state index contributed by atoms with van der Waals surface area (Å²) in [4.78, 5) is 45.9. The largest absolute Gasteiger partial charge is 0.326 e. The van der Waals surface area contributed by atoms with Crippen LogP contribution in [0.2, 0.25) is 0 Å². The molecule has 11 heteroatoms. The molecule has 28 heavy (non-hydrogen) atoms. The van der Waals surface area contributed by atoms with Crippen LogP contribution in [0, 0.1) is 32.0 Å². The molecule has 0 aliphatic carbocycles. The average Bonchev–Trinajstić information content (AvgIpc) is 3.04. The minimum Gasteiger partial charge on any atom is -0.326 e. The SMILES string of the molecule is O=C(Nc1ccc([N+](=O)[O-])cc1)C1CC(=O)N(c2ccc(F)c([N+](=O)[O-])c2)C1. The Labute approximate surface area is 156 Å². The summed E-state index contributed by atoms with van der Waals surface area (Å²) >= 11 is 0. The highest BCUT2D eigenvalue weighted by atomic mass is 19.1. The summed E-state index contributed by atoms with van der Waals surface area (Å²) in [6.07, 6.45) is -0.121. The van der Waals surface area contributed by atoms with Gasteiger partial charge in [0.1, 0.15) is 0 Å². The molecule has 2 amide bonds. The molecule has 10 nitrogen and oxygen atoms in total. The molecule has 1 N–H and O–H groups in total. The second-order valence-electron chi connectivity index (χ2n) is 6.09. The topological polar surface area (TPSA) is 136 Å². The molecule has 0 saturated carbocycles. The minimum atomic E-state index is -1.02.